The summed E-state index contributed by atoms with van der Waals surface area (Å²) in [5.41, 5.74) is 3.71. The Hall–Kier alpha value is -1.29. The van der Waals surface area contributed by atoms with Crippen LogP contribution in [0, 0.1) is 0 Å². The largest absolute Gasteiger partial charge is 0.316 e. The van der Waals surface area contributed by atoms with Crippen LogP contribution < -0.4 is 4.57 Å². The monoisotopic (exact) mass is 480 g/mol. The van der Waals surface area contributed by atoms with Gasteiger partial charge in [-0.2, -0.15) is 0 Å². The van der Waals surface area contributed by atoms with Crippen molar-refractivity contribution in [2.45, 2.75) is 32.0 Å². The molecule has 0 unspecified atom stereocenters. The maximum Gasteiger partial charge on any atom is 0.178 e. The van der Waals surface area contributed by atoms with Gasteiger partial charge in [0.1, 0.15) is 12.6 Å². The molecule has 1 fully saturated rings. The first-order valence-electron chi connectivity index (χ1n) is 10.1. The van der Waals surface area contributed by atoms with Gasteiger partial charge in [0.05, 0.1) is 39.2 Å². The van der Waals surface area contributed by atoms with E-state index in [4.69, 9.17) is 46.4 Å². The van der Waals surface area contributed by atoms with Crippen LogP contribution >= 0.6 is 46.4 Å². The van der Waals surface area contributed by atoms with E-state index in [1.807, 2.05) is 30.3 Å². The van der Waals surface area contributed by atoms with E-state index >= 15 is 0 Å². The van der Waals surface area contributed by atoms with E-state index in [1.165, 1.54) is 24.0 Å². The third-order valence-corrected chi connectivity index (χ3v) is 7.52. The predicted molar refractivity (Wildman–Crippen MR) is 125 cm³/mol. The highest BCUT2D eigenvalue weighted by molar-refractivity contribution is 6.42. The molecular weight excluding hydrogens is 458 g/mol. The normalized spacial score (nSPS) is 21.2. The highest BCUT2D eigenvalue weighted by Crippen LogP contribution is 2.39. The third kappa shape index (κ3) is 4.79. The van der Waals surface area contributed by atoms with Gasteiger partial charge in [-0.1, -0.05) is 58.5 Å². The van der Waals surface area contributed by atoms with Crippen molar-refractivity contribution in [1.82, 2.24) is 0 Å². The second-order valence-electron chi connectivity index (χ2n) is 8.33. The fourth-order valence-electron chi connectivity index (χ4n) is 4.57. The van der Waals surface area contributed by atoms with Gasteiger partial charge in [0.2, 0.25) is 0 Å². The molecule has 0 saturated carbocycles. The Kier molecular flexibility index (Phi) is 6.62. The molecule has 2 atom stereocenters. The van der Waals surface area contributed by atoms with Crippen molar-refractivity contribution in [3.8, 4) is 0 Å². The number of likely N-dealkylation sites (tertiary alicyclic amines) is 1. The van der Waals surface area contributed by atoms with Crippen LogP contribution in [0.1, 0.15) is 35.6 Å². The Labute approximate surface area is 198 Å². The van der Waals surface area contributed by atoms with E-state index in [-0.39, 0.29) is 0 Å². The third-order valence-electron chi connectivity index (χ3n) is 6.04. The van der Waals surface area contributed by atoms with Crippen LogP contribution in [-0.4, -0.2) is 18.1 Å². The van der Waals surface area contributed by atoms with Crippen molar-refractivity contribution < 1.29 is 9.05 Å². The number of halogens is 4. The van der Waals surface area contributed by atoms with Gasteiger partial charge < -0.3 is 4.48 Å². The second-order valence-corrected chi connectivity index (χ2v) is 9.95. The van der Waals surface area contributed by atoms with E-state index < -0.39 is 0 Å². The molecular formula is C24H24Cl4N2+2. The van der Waals surface area contributed by atoms with Crippen molar-refractivity contribution in [2.75, 3.05) is 13.6 Å². The van der Waals surface area contributed by atoms with Crippen LogP contribution in [0.5, 0.6) is 0 Å². The van der Waals surface area contributed by atoms with Crippen molar-refractivity contribution in [3.63, 3.8) is 0 Å². The van der Waals surface area contributed by atoms with Crippen molar-refractivity contribution in [3.05, 3.63) is 97.7 Å². The molecule has 3 aromatic rings. The molecule has 1 saturated heterocycles. The number of quaternary nitrogens is 1. The summed E-state index contributed by atoms with van der Waals surface area (Å²) in [5, 5.41) is 2.40. The van der Waals surface area contributed by atoms with Gasteiger partial charge in [-0.3, -0.25) is 0 Å². The maximum absolute atomic E-state index is 6.26. The van der Waals surface area contributed by atoms with E-state index in [9.17, 15) is 0 Å². The number of aromatic nitrogens is 1. The van der Waals surface area contributed by atoms with Crippen molar-refractivity contribution >= 4 is 46.4 Å². The first-order valence-corrected chi connectivity index (χ1v) is 11.6. The van der Waals surface area contributed by atoms with E-state index in [0.29, 0.717) is 26.1 Å². The molecule has 0 spiro atoms. The summed E-state index contributed by atoms with van der Waals surface area (Å²) in [4.78, 5) is 0. The lowest BCUT2D eigenvalue weighted by atomic mass is 10.0. The summed E-state index contributed by atoms with van der Waals surface area (Å²) in [6, 6.07) is 16.6. The van der Waals surface area contributed by atoms with Crippen LogP contribution in [0.15, 0.2) is 60.9 Å². The standard InChI is InChI=1S/C24H24Cl4N2/c1-30(16-18-7-9-21(26)23(28)13-18)11-3-5-24(30)19-4-2-10-29(15-19)14-17-6-8-20(25)22(27)12-17/h2,4,6-10,12-13,15,24H,3,5,11,14,16H2,1H3/q+2/t24-,30-/m0/s1. The summed E-state index contributed by atoms with van der Waals surface area (Å²) >= 11 is 24.6. The zero-order valence-electron chi connectivity index (χ0n) is 16.8. The lowest BCUT2D eigenvalue weighted by Gasteiger charge is -2.36. The molecule has 0 N–H and O–H groups in total. The molecule has 1 aliphatic heterocycles. The molecule has 30 heavy (non-hydrogen) atoms. The number of nitrogens with zero attached hydrogens (tertiary/aromatic N) is 2. The lowest BCUT2D eigenvalue weighted by Crippen LogP contribution is -2.43. The molecule has 1 aliphatic rings. The molecule has 6 heteroatoms. The van der Waals surface area contributed by atoms with E-state index in [2.05, 4.69) is 42.2 Å². The summed E-state index contributed by atoms with van der Waals surface area (Å²) in [5.74, 6) is 0. The van der Waals surface area contributed by atoms with Crippen LogP contribution in [-0.2, 0) is 13.1 Å². The van der Waals surface area contributed by atoms with Gasteiger partial charge in [-0.05, 0) is 30.3 Å². The molecule has 2 nitrogen and oxygen atoms in total. The number of hydrogen-bond acceptors (Lipinski definition) is 0. The smallest absolute Gasteiger partial charge is 0.178 e. The number of rotatable bonds is 5. The van der Waals surface area contributed by atoms with Crippen molar-refractivity contribution in [1.29, 1.82) is 0 Å². The van der Waals surface area contributed by atoms with Gasteiger partial charge in [-0.25, -0.2) is 4.57 Å². The van der Waals surface area contributed by atoms with Crippen LogP contribution in [0.3, 0.4) is 0 Å². The minimum atomic E-state index is 0.445. The summed E-state index contributed by atoms with van der Waals surface area (Å²) in [6.07, 6.45) is 6.76. The molecule has 0 amide bonds. The molecule has 0 aliphatic carbocycles. The van der Waals surface area contributed by atoms with Crippen molar-refractivity contribution in [2.24, 2.45) is 0 Å². The van der Waals surface area contributed by atoms with Gasteiger partial charge in [0.15, 0.2) is 18.9 Å². The first kappa shape index (κ1) is 21.9. The topological polar surface area (TPSA) is 3.88 Å². The fourth-order valence-corrected chi connectivity index (χ4v) is 5.21. The average molecular weight is 482 g/mol. The highest BCUT2D eigenvalue weighted by Gasteiger charge is 2.40. The Bertz CT molecular complexity index is 1070. The minimum absolute atomic E-state index is 0.445. The molecule has 0 bridgehead atoms. The SMILES string of the molecule is C[N@@+]1(Cc2ccc(Cl)c(Cl)c2)CCC[C@H]1c1ccc[n+](Cc2ccc(Cl)c(Cl)c2)c1. The van der Waals surface area contributed by atoms with Crippen LogP contribution in [0.2, 0.25) is 20.1 Å². The summed E-state index contributed by atoms with van der Waals surface area (Å²) in [7, 11) is 2.34. The zero-order chi connectivity index (χ0) is 21.3. The maximum atomic E-state index is 6.26. The van der Waals surface area contributed by atoms with Crippen LogP contribution in [0.25, 0.3) is 0 Å². The summed E-state index contributed by atoms with van der Waals surface area (Å²) < 4.78 is 3.19. The number of benzene rings is 2. The fraction of sp³-hybridized carbons (Fsp3) is 0.292. The van der Waals surface area contributed by atoms with Gasteiger partial charge >= 0.3 is 0 Å². The molecule has 0 radical (unpaired) electrons. The van der Waals surface area contributed by atoms with E-state index in [1.54, 1.807) is 0 Å². The molecule has 2 heterocycles. The average Bonchev–Trinajstić information content (AvgIpc) is 3.09. The highest BCUT2D eigenvalue weighted by atomic mass is 35.5. The number of pyridine rings is 1. The van der Waals surface area contributed by atoms with E-state index in [0.717, 1.165) is 29.7 Å². The lowest BCUT2D eigenvalue weighted by molar-refractivity contribution is -0.940. The van der Waals surface area contributed by atoms with Gasteiger partial charge in [0.25, 0.3) is 0 Å². The van der Waals surface area contributed by atoms with Gasteiger partial charge in [-0.15, -0.1) is 0 Å². The van der Waals surface area contributed by atoms with Gasteiger partial charge in [0, 0.05) is 30.0 Å². The quantitative estimate of drug-likeness (QED) is 0.270. The predicted octanol–water partition coefficient (Wildman–Crippen LogP) is 7.12. The zero-order valence-corrected chi connectivity index (χ0v) is 19.8. The van der Waals surface area contributed by atoms with Crippen LogP contribution in [0.4, 0.5) is 0 Å². The molecule has 4 rings (SSSR count). The Morgan fingerprint density at radius 1 is 0.900 bits per heavy atom. The molecule has 156 valence electrons. The molecule has 1 aromatic heterocycles. The Balaban J connectivity index is 1.56. The summed E-state index contributed by atoms with van der Waals surface area (Å²) in [6.45, 7) is 2.84. The second kappa shape index (κ2) is 9.06. The minimum Gasteiger partial charge on any atom is -0.316 e. The number of hydrogen-bond donors (Lipinski definition) is 0. The molecule has 2 aromatic carbocycles. The first-order chi connectivity index (χ1) is 14.3. The Morgan fingerprint density at radius 2 is 1.57 bits per heavy atom. The Morgan fingerprint density at radius 3 is 2.27 bits per heavy atom.